The lowest BCUT2D eigenvalue weighted by Crippen LogP contribution is -2.49. The minimum absolute atomic E-state index is 0.0498. The third-order valence-corrected chi connectivity index (χ3v) is 7.18. The number of rotatable bonds is 8. The van der Waals surface area contributed by atoms with Crippen molar-refractivity contribution in [3.63, 3.8) is 0 Å². The van der Waals surface area contributed by atoms with Crippen LogP contribution in [0.4, 0.5) is 4.79 Å². The lowest BCUT2D eigenvalue weighted by atomic mass is 9.75. The molecule has 13 nitrogen and oxygen atoms in total. The van der Waals surface area contributed by atoms with Crippen LogP contribution in [0.3, 0.4) is 0 Å². The van der Waals surface area contributed by atoms with Crippen molar-refractivity contribution in [2.45, 2.75) is 45.7 Å². The topological polar surface area (TPSA) is 161 Å². The van der Waals surface area contributed by atoms with Gasteiger partial charge in [0.25, 0.3) is 5.91 Å². The van der Waals surface area contributed by atoms with Crippen molar-refractivity contribution in [1.29, 1.82) is 0 Å². The molecule has 2 N–H and O–H groups in total. The molecule has 2 amide bonds. The first kappa shape index (κ1) is 29.9. The first-order chi connectivity index (χ1) is 20.6. The molecule has 1 aliphatic rings. The standard InChI is InChI=1S/C29H31ClN8O5/c1-5-42-27(41)34-26-35-29(14-28(2,3)4,20-9-6-18(7-10-20)24-32-17-43-36-24)25(40)38(26)23(13-39)19-8-11-21(30)22(12-19)37-16-31-15-33-37/h6-12,15-17,23,39H,5,13-14H2,1-4H3,(H,34,35,41)/t23-,29-/m1/s1. The zero-order valence-corrected chi connectivity index (χ0v) is 24.8. The quantitative estimate of drug-likeness (QED) is 0.298. The van der Waals surface area contributed by atoms with Gasteiger partial charge in [0.1, 0.15) is 12.7 Å². The van der Waals surface area contributed by atoms with E-state index in [4.69, 9.17) is 25.9 Å². The summed E-state index contributed by atoms with van der Waals surface area (Å²) in [6.45, 7) is 7.29. The Morgan fingerprint density at radius 3 is 2.58 bits per heavy atom. The maximum Gasteiger partial charge on any atom is 0.413 e. The van der Waals surface area contributed by atoms with Crippen LogP contribution in [0.1, 0.15) is 51.3 Å². The highest BCUT2D eigenvalue weighted by Crippen LogP contribution is 2.45. The summed E-state index contributed by atoms with van der Waals surface area (Å²) >= 11 is 6.46. The third kappa shape index (κ3) is 5.99. The molecule has 2 aromatic heterocycles. The van der Waals surface area contributed by atoms with Crippen molar-refractivity contribution in [3.05, 3.63) is 77.7 Å². The fourth-order valence-corrected chi connectivity index (χ4v) is 5.36. The third-order valence-electron chi connectivity index (χ3n) is 6.86. The zero-order valence-electron chi connectivity index (χ0n) is 24.1. The zero-order chi connectivity index (χ0) is 30.8. The second-order valence-corrected chi connectivity index (χ2v) is 11.5. The van der Waals surface area contributed by atoms with Crippen LogP contribution in [0.25, 0.3) is 17.1 Å². The smallest absolute Gasteiger partial charge is 0.413 e. The van der Waals surface area contributed by atoms with Crippen LogP contribution < -0.4 is 5.32 Å². The van der Waals surface area contributed by atoms with E-state index in [-0.39, 0.29) is 24.4 Å². The number of hydrogen-bond donors (Lipinski definition) is 2. The van der Waals surface area contributed by atoms with Gasteiger partial charge in [-0.05, 0) is 42.0 Å². The number of guanidine groups is 1. The van der Waals surface area contributed by atoms with Gasteiger partial charge in [-0.25, -0.2) is 19.5 Å². The minimum atomic E-state index is -1.45. The van der Waals surface area contributed by atoms with E-state index >= 15 is 0 Å². The maximum absolute atomic E-state index is 14.7. The van der Waals surface area contributed by atoms with Gasteiger partial charge >= 0.3 is 6.09 Å². The summed E-state index contributed by atoms with van der Waals surface area (Å²) in [5.41, 5.74) is 0.472. The molecule has 2 atom stereocenters. The summed E-state index contributed by atoms with van der Waals surface area (Å²) in [4.78, 5) is 41.7. The average Bonchev–Trinajstić information content (AvgIpc) is 3.74. The molecule has 4 aromatic rings. The molecule has 1 aliphatic heterocycles. The molecule has 0 saturated heterocycles. The van der Waals surface area contributed by atoms with Gasteiger partial charge in [-0.1, -0.05) is 67.9 Å². The molecule has 2 aromatic carbocycles. The number of aliphatic hydroxyl groups is 1. The Labute approximate surface area is 252 Å². The number of alkyl carbamates (subject to hydrolysis) is 1. The van der Waals surface area contributed by atoms with Crippen molar-refractivity contribution >= 4 is 29.6 Å². The number of aliphatic hydroxyl groups excluding tert-OH is 1. The molecule has 0 radical (unpaired) electrons. The summed E-state index contributed by atoms with van der Waals surface area (Å²) in [6, 6.07) is 11.2. The van der Waals surface area contributed by atoms with Gasteiger partial charge in [0.15, 0.2) is 5.54 Å². The summed E-state index contributed by atoms with van der Waals surface area (Å²) < 4.78 is 11.5. The highest BCUT2D eigenvalue weighted by atomic mass is 35.5. The van der Waals surface area contributed by atoms with Crippen LogP contribution in [-0.4, -0.2) is 66.1 Å². The highest BCUT2D eigenvalue weighted by Gasteiger charge is 2.54. The molecular formula is C29H31ClN8O5. The molecule has 14 heteroatoms. The second-order valence-electron chi connectivity index (χ2n) is 11.1. The van der Waals surface area contributed by atoms with E-state index in [1.165, 1.54) is 28.6 Å². The second kappa shape index (κ2) is 11.9. The summed E-state index contributed by atoms with van der Waals surface area (Å²) in [6.07, 6.45) is 3.60. The van der Waals surface area contributed by atoms with Crippen LogP contribution in [-0.2, 0) is 15.1 Å². The van der Waals surface area contributed by atoms with Crippen molar-refractivity contribution < 1.29 is 24.0 Å². The SMILES string of the molecule is CCOC(=O)NC1=N[C@](CC(C)(C)C)(c2ccc(-c3ncon3)cc2)C(=O)N1[C@H](CO)c1ccc(Cl)c(-n2cncn2)c1. The number of nitrogens with zero attached hydrogens (tertiary/aromatic N) is 7. The van der Waals surface area contributed by atoms with E-state index in [0.29, 0.717) is 33.2 Å². The van der Waals surface area contributed by atoms with Crippen molar-refractivity contribution in [1.82, 2.24) is 35.1 Å². The monoisotopic (exact) mass is 606 g/mol. The number of carbonyl (C=O) groups is 2. The largest absolute Gasteiger partial charge is 0.450 e. The van der Waals surface area contributed by atoms with E-state index in [0.717, 1.165) is 0 Å². The number of halogens is 1. The summed E-state index contributed by atoms with van der Waals surface area (Å²) in [7, 11) is 0. The highest BCUT2D eigenvalue weighted by molar-refractivity contribution is 6.32. The fourth-order valence-electron chi connectivity index (χ4n) is 5.16. The average molecular weight is 607 g/mol. The Morgan fingerprint density at radius 1 is 1.21 bits per heavy atom. The molecule has 43 heavy (non-hydrogen) atoms. The number of ether oxygens (including phenoxy) is 1. The Kier molecular flexibility index (Phi) is 8.29. The maximum atomic E-state index is 14.7. The Balaban J connectivity index is 1.63. The van der Waals surface area contributed by atoms with Crippen molar-refractivity contribution in [2.75, 3.05) is 13.2 Å². The molecule has 0 fully saturated rings. The van der Waals surface area contributed by atoms with Crippen molar-refractivity contribution in [3.8, 4) is 17.1 Å². The van der Waals surface area contributed by atoms with Gasteiger partial charge in [0, 0.05) is 5.56 Å². The number of benzene rings is 2. The van der Waals surface area contributed by atoms with Crippen LogP contribution in [0.2, 0.25) is 5.02 Å². The molecule has 0 spiro atoms. The van der Waals surface area contributed by atoms with E-state index in [2.05, 4.69) is 25.5 Å². The van der Waals surface area contributed by atoms with Gasteiger partial charge in [-0.2, -0.15) is 10.1 Å². The number of aromatic nitrogens is 5. The van der Waals surface area contributed by atoms with Crippen LogP contribution in [0, 0.1) is 5.41 Å². The van der Waals surface area contributed by atoms with Gasteiger partial charge in [-0.15, -0.1) is 0 Å². The molecule has 3 heterocycles. The van der Waals surface area contributed by atoms with Crippen LogP contribution in [0.15, 0.2) is 71.0 Å². The van der Waals surface area contributed by atoms with E-state index < -0.39 is 30.2 Å². The molecule has 0 saturated carbocycles. The molecule has 224 valence electrons. The van der Waals surface area contributed by atoms with Gasteiger partial charge in [0.2, 0.25) is 18.2 Å². The summed E-state index contributed by atoms with van der Waals surface area (Å²) in [5, 5.41) is 21.8. The number of aliphatic imine (C=N–C) groups is 1. The first-order valence-corrected chi connectivity index (χ1v) is 13.9. The van der Waals surface area contributed by atoms with Gasteiger partial charge in [-0.3, -0.25) is 15.0 Å². The molecule has 5 rings (SSSR count). The Bertz CT molecular complexity index is 1620. The van der Waals surface area contributed by atoms with E-state index in [9.17, 15) is 14.7 Å². The van der Waals surface area contributed by atoms with Crippen LogP contribution in [0.5, 0.6) is 0 Å². The molecule has 0 aliphatic carbocycles. The van der Waals surface area contributed by atoms with E-state index in [1.54, 1.807) is 49.4 Å². The number of amides is 2. The normalized spacial score (nSPS) is 17.6. The minimum Gasteiger partial charge on any atom is -0.450 e. The van der Waals surface area contributed by atoms with E-state index in [1.807, 2.05) is 20.8 Å². The predicted octanol–water partition coefficient (Wildman–Crippen LogP) is 4.28. The summed E-state index contributed by atoms with van der Waals surface area (Å²) in [5.74, 6) is -0.0840. The number of hydrogen-bond acceptors (Lipinski definition) is 10. The molecule has 0 unspecified atom stereocenters. The van der Waals surface area contributed by atoms with Gasteiger partial charge < -0.3 is 14.4 Å². The lowest BCUT2D eigenvalue weighted by molar-refractivity contribution is -0.135. The van der Waals surface area contributed by atoms with Gasteiger partial charge in [0.05, 0.1) is 30.0 Å². The fraction of sp³-hybridized carbons (Fsp3) is 0.345. The van der Waals surface area contributed by atoms with Crippen LogP contribution >= 0.6 is 11.6 Å². The first-order valence-electron chi connectivity index (χ1n) is 13.6. The number of nitrogens with one attached hydrogen (secondary N) is 1. The molecular weight excluding hydrogens is 576 g/mol. The number of carbonyl (C=O) groups excluding carboxylic acids is 2. The Hall–Kier alpha value is -4.62. The molecule has 0 bridgehead atoms. The van der Waals surface area contributed by atoms with Crippen molar-refractivity contribution in [2.24, 2.45) is 10.4 Å². The lowest BCUT2D eigenvalue weighted by Gasteiger charge is -2.34. The predicted molar refractivity (Wildman–Crippen MR) is 156 cm³/mol. The Morgan fingerprint density at radius 2 is 1.98 bits per heavy atom.